The third kappa shape index (κ3) is 6.19. The van der Waals surface area contributed by atoms with Crippen LogP contribution in [0.2, 0.25) is 0 Å². The standard InChI is InChI=1S/C16H20N2O9S.Na/c19-11-10-16(15(23)17-11,28(24,25)26)27-14(22)6-4-2-1-3-5-9-18-12(20)7-8-13(18)21;/h7-8H,1-6,9-10H2,(H,17,19,23)(H,24,25,26);/q;+1/p-1. The van der Waals surface area contributed by atoms with Crippen LogP contribution in [0.25, 0.3) is 0 Å². The fraction of sp³-hybridized carbons (Fsp3) is 0.562. The normalized spacial score (nSPS) is 21.3. The minimum Gasteiger partial charge on any atom is -0.744 e. The molecule has 2 aliphatic rings. The molecule has 1 N–H and O–H groups in total. The maximum atomic E-state index is 11.8. The number of hydrogen-bond donors (Lipinski definition) is 1. The number of rotatable bonds is 10. The van der Waals surface area contributed by atoms with Crippen molar-refractivity contribution in [1.82, 2.24) is 10.2 Å². The molecule has 154 valence electrons. The smallest absolute Gasteiger partial charge is 0.744 e. The van der Waals surface area contributed by atoms with E-state index >= 15 is 0 Å². The van der Waals surface area contributed by atoms with E-state index in [0.717, 1.165) is 4.90 Å². The van der Waals surface area contributed by atoms with E-state index in [9.17, 15) is 36.9 Å². The van der Waals surface area contributed by atoms with E-state index in [4.69, 9.17) is 0 Å². The number of carbonyl (C=O) groups excluding carboxylic acids is 5. The predicted molar refractivity (Wildman–Crippen MR) is 89.8 cm³/mol. The van der Waals surface area contributed by atoms with Gasteiger partial charge >= 0.3 is 35.5 Å². The van der Waals surface area contributed by atoms with Crippen LogP contribution in [0.4, 0.5) is 0 Å². The molecular formula is C16H19N2NaO9S. The number of esters is 1. The van der Waals surface area contributed by atoms with Crippen LogP contribution in [0.1, 0.15) is 44.9 Å². The Morgan fingerprint density at radius 1 is 1.07 bits per heavy atom. The van der Waals surface area contributed by atoms with Gasteiger partial charge in [-0.05, 0) is 12.8 Å². The molecule has 0 saturated carbocycles. The molecule has 4 amide bonds. The SMILES string of the molecule is O=C1CC(OC(=O)CCCCCCCN2C(=O)C=CC2=O)(S(=O)(=O)[O-])C(=O)N1.[Na+]. The Kier molecular flexibility index (Phi) is 9.15. The van der Waals surface area contributed by atoms with Crippen molar-refractivity contribution in [3.63, 3.8) is 0 Å². The van der Waals surface area contributed by atoms with Gasteiger partial charge < -0.3 is 9.29 Å². The molecule has 0 aromatic carbocycles. The summed E-state index contributed by atoms with van der Waals surface area (Å²) in [6.45, 7) is 0.305. The summed E-state index contributed by atoms with van der Waals surface area (Å²) in [6.07, 6.45) is 4.00. The number of nitrogens with one attached hydrogen (secondary N) is 1. The Morgan fingerprint density at radius 2 is 1.62 bits per heavy atom. The van der Waals surface area contributed by atoms with Crippen LogP contribution in [0.3, 0.4) is 0 Å². The summed E-state index contributed by atoms with van der Waals surface area (Å²) >= 11 is 0. The first-order chi connectivity index (χ1) is 13.1. The number of carbonyl (C=O) groups is 5. The Labute approximate surface area is 189 Å². The molecule has 1 atom stereocenters. The van der Waals surface area contributed by atoms with Crippen molar-refractivity contribution in [3.8, 4) is 0 Å². The second-order valence-electron chi connectivity index (χ2n) is 6.41. The summed E-state index contributed by atoms with van der Waals surface area (Å²) in [5.74, 6) is -4.22. The van der Waals surface area contributed by atoms with Gasteiger partial charge in [0, 0.05) is 25.1 Å². The molecular weight excluding hydrogens is 419 g/mol. The van der Waals surface area contributed by atoms with Crippen LogP contribution in [-0.4, -0.2) is 58.9 Å². The molecule has 0 bridgehead atoms. The van der Waals surface area contributed by atoms with Crippen LogP contribution >= 0.6 is 0 Å². The zero-order chi connectivity index (χ0) is 20.9. The van der Waals surface area contributed by atoms with E-state index in [1.165, 1.54) is 12.2 Å². The largest absolute Gasteiger partial charge is 1.00 e. The zero-order valence-electron chi connectivity index (χ0n) is 15.8. The van der Waals surface area contributed by atoms with Gasteiger partial charge in [-0.1, -0.05) is 19.3 Å². The van der Waals surface area contributed by atoms with Crippen LogP contribution in [0.5, 0.6) is 0 Å². The molecule has 2 heterocycles. The van der Waals surface area contributed by atoms with E-state index in [2.05, 4.69) is 4.74 Å². The second kappa shape index (κ2) is 10.4. The summed E-state index contributed by atoms with van der Waals surface area (Å²) in [5, 5.41) is 1.65. The van der Waals surface area contributed by atoms with Gasteiger partial charge in [0.05, 0.1) is 6.42 Å². The number of amides is 4. The molecule has 1 fully saturated rings. The van der Waals surface area contributed by atoms with Crippen LogP contribution < -0.4 is 34.9 Å². The third-order valence-corrected chi connectivity index (χ3v) is 5.56. The van der Waals surface area contributed by atoms with E-state index in [0.29, 0.717) is 38.6 Å². The fourth-order valence-corrected chi connectivity index (χ4v) is 3.63. The van der Waals surface area contributed by atoms with Gasteiger partial charge in [0.1, 0.15) is 10.1 Å². The van der Waals surface area contributed by atoms with E-state index in [-0.39, 0.29) is 47.8 Å². The number of nitrogens with zero attached hydrogens (tertiary/aromatic N) is 1. The molecule has 0 radical (unpaired) electrons. The molecule has 1 unspecified atom stereocenters. The first-order valence-corrected chi connectivity index (χ1v) is 10.0. The summed E-state index contributed by atoms with van der Waals surface area (Å²) in [7, 11) is -5.39. The summed E-state index contributed by atoms with van der Waals surface area (Å²) in [6, 6.07) is 0. The molecule has 2 rings (SSSR count). The second-order valence-corrected chi connectivity index (χ2v) is 7.98. The fourth-order valence-electron chi connectivity index (χ4n) is 2.85. The molecule has 0 aromatic heterocycles. The maximum absolute atomic E-state index is 11.8. The third-order valence-electron chi connectivity index (χ3n) is 4.34. The molecule has 2 aliphatic heterocycles. The van der Waals surface area contributed by atoms with Gasteiger partial charge in [-0.2, -0.15) is 0 Å². The number of hydrogen-bond acceptors (Lipinski definition) is 9. The minimum atomic E-state index is -5.39. The maximum Gasteiger partial charge on any atom is 1.00 e. The first-order valence-electron chi connectivity index (χ1n) is 8.62. The molecule has 11 nitrogen and oxygen atoms in total. The minimum absolute atomic E-state index is 0. The number of unbranched alkanes of at least 4 members (excludes halogenated alkanes) is 4. The van der Waals surface area contributed by atoms with Gasteiger partial charge in [-0.3, -0.25) is 34.2 Å². The van der Waals surface area contributed by atoms with Crippen molar-refractivity contribution in [2.45, 2.75) is 49.9 Å². The molecule has 13 heteroatoms. The van der Waals surface area contributed by atoms with E-state index in [1.807, 2.05) is 0 Å². The van der Waals surface area contributed by atoms with Crippen molar-refractivity contribution >= 4 is 39.7 Å². The Balaban J connectivity index is 0.00000420. The summed E-state index contributed by atoms with van der Waals surface area (Å²) in [4.78, 5) is 55.5. The van der Waals surface area contributed by atoms with Crippen molar-refractivity contribution in [1.29, 1.82) is 0 Å². The van der Waals surface area contributed by atoms with Crippen molar-refractivity contribution < 1.29 is 71.2 Å². The predicted octanol–water partition coefficient (Wildman–Crippen LogP) is -3.91. The van der Waals surface area contributed by atoms with Gasteiger partial charge in [0.25, 0.3) is 22.7 Å². The van der Waals surface area contributed by atoms with Crippen LogP contribution in [0, 0.1) is 0 Å². The summed E-state index contributed by atoms with van der Waals surface area (Å²) in [5.41, 5.74) is 0. The average Bonchev–Trinajstić information content (AvgIpc) is 3.06. The topological polar surface area (TPSA) is 167 Å². The van der Waals surface area contributed by atoms with Crippen molar-refractivity contribution in [2.75, 3.05) is 6.54 Å². The molecule has 0 aliphatic carbocycles. The van der Waals surface area contributed by atoms with Gasteiger partial charge in [0.2, 0.25) is 5.91 Å². The van der Waals surface area contributed by atoms with Crippen molar-refractivity contribution in [3.05, 3.63) is 12.2 Å². The first kappa shape index (κ1) is 25.4. The van der Waals surface area contributed by atoms with Gasteiger partial charge in [-0.25, -0.2) is 8.42 Å². The zero-order valence-corrected chi connectivity index (χ0v) is 18.7. The molecule has 29 heavy (non-hydrogen) atoms. The van der Waals surface area contributed by atoms with Crippen molar-refractivity contribution in [2.24, 2.45) is 0 Å². The molecule has 0 aromatic rings. The quantitative estimate of drug-likeness (QED) is 0.118. The Morgan fingerprint density at radius 3 is 2.14 bits per heavy atom. The molecule has 1 saturated heterocycles. The van der Waals surface area contributed by atoms with Crippen LogP contribution in [0.15, 0.2) is 12.2 Å². The van der Waals surface area contributed by atoms with E-state index < -0.39 is 39.3 Å². The number of ether oxygens (including phenoxy) is 1. The molecule has 0 spiro atoms. The van der Waals surface area contributed by atoms with Crippen LogP contribution in [-0.2, 0) is 38.8 Å². The Hall–Kier alpha value is -1.60. The summed E-state index contributed by atoms with van der Waals surface area (Å²) < 4.78 is 38.6. The Bertz CT molecular complexity index is 821. The average molecular weight is 438 g/mol. The monoisotopic (exact) mass is 438 g/mol. The van der Waals surface area contributed by atoms with Gasteiger partial charge in [-0.15, -0.1) is 0 Å². The van der Waals surface area contributed by atoms with Gasteiger partial charge in [0.15, 0.2) is 0 Å². The van der Waals surface area contributed by atoms with E-state index in [1.54, 1.807) is 5.32 Å². The number of imide groups is 2.